The van der Waals surface area contributed by atoms with Crippen molar-refractivity contribution in [1.82, 2.24) is 3.71 Å². The molecule has 0 amide bonds. The molecular formula is C21H22N2O6S2. The van der Waals surface area contributed by atoms with Crippen molar-refractivity contribution in [1.29, 1.82) is 5.26 Å². The minimum atomic E-state index is -0.182. The highest BCUT2D eigenvalue weighted by Crippen LogP contribution is 2.30. The molecule has 10 heteroatoms. The molecule has 0 radical (unpaired) electrons. The van der Waals surface area contributed by atoms with E-state index in [-0.39, 0.29) is 23.1 Å². The van der Waals surface area contributed by atoms with Crippen LogP contribution < -0.4 is 18.9 Å². The van der Waals surface area contributed by atoms with E-state index in [1.165, 1.54) is 32.1 Å². The summed E-state index contributed by atoms with van der Waals surface area (Å²) in [5.41, 5.74) is 0.879. The van der Waals surface area contributed by atoms with E-state index in [0.717, 1.165) is 23.9 Å². The fourth-order valence-corrected chi connectivity index (χ4v) is 4.05. The van der Waals surface area contributed by atoms with Gasteiger partial charge in [-0.2, -0.15) is 8.97 Å². The van der Waals surface area contributed by atoms with Crippen molar-refractivity contribution in [2.24, 2.45) is 0 Å². The minimum Gasteiger partial charge on any atom is -0.493 e. The molecular weight excluding hydrogens is 440 g/mol. The van der Waals surface area contributed by atoms with E-state index in [1.807, 2.05) is 6.19 Å². The predicted molar refractivity (Wildman–Crippen MR) is 120 cm³/mol. The molecule has 2 aromatic rings. The molecule has 0 atom stereocenters. The number of ketones is 2. The Morgan fingerprint density at radius 1 is 0.774 bits per heavy atom. The first kappa shape index (κ1) is 24.2. The van der Waals surface area contributed by atoms with Gasteiger partial charge in [0.1, 0.15) is 0 Å². The van der Waals surface area contributed by atoms with Crippen LogP contribution >= 0.6 is 23.9 Å². The zero-order chi connectivity index (χ0) is 22.8. The Morgan fingerprint density at radius 2 is 1.16 bits per heavy atom. The quantitative estimate of drug-likeness (QED) is 0.200. The number of rotatable bonds is 12. The number of Topliss-reactive ketones (excluding diaryl/α,β-unsaturated/α-hetero) is 2. The van der Waals surface area contributed by atoms with Crippen molar-refractivity contribution in [2.75, 3.05) is 39.9 Å². The second kappa shape index (κ2) is 12.0. The van der Waals surface area contributed by atoms with Crippen molar-refractivity contribution in [3.63, 3.8) is 0 Å². The minimum absolute atomic E-state index is 0.0284. The van der Waals surface area contributed by atoms with Crippen LogP contribution in [0.5, 0.6) is 23.0 Å². The number of hydrogen-bond acceptors (Lipinski definition) is 10. The predicted octanol–water partition coefficient (Wildman–Crippen LogP) is 3.87. The molecule has 0 aliphatic rings. The molecule has 0 aliphatic heterocycles. The monoisotopic (exact) mass is 462 g/mol. The lowest BCUT2D eigenvalue weighted by molar-refractivity contribution is 0.101. The van der Waals surface area contributed by atoms with E-state index in [2.05, 4.69) is 0 Å². The third-order valence-electron chi connectivity index (χ3n) is 4.12. The summed E-state index contributed by atoms with van der Waals surface area (Å²) >= 11 is 2.03. The fraction of sp³-hybridized carbons (Fsp3) is 0.286. The zero-order valence-electron chi connectivity index (χ0n) is 17.5. The molecule has 164 valence electrons. The lowest BCUT2D eigenvalue weighted by Crippen LogP contribution is -2.11. The van der Waals surface area contributed by atoms with E-state index in [4.69, 9.17) is 18.9 Å². The molecule has 8 nitrogen and oxygen atoms in total. The summed E-state index contributed by atoms with van der Waals surface area (Å²) in [7, 11) is 6.01. The second-order valence-electron chi connectivity index (χ2n) is 5.89. The molecule has 0 saturated carbocycles. The molecule has 0 fully saturated rings. The van der Waals surface area contributed by atoms with Gasteiger partial charge in [0, 0.05) is 11.1 Å². The maximum Gasteiger partial charge on any atom is 0.201 e. The molecule has 2 rings (SSSR count). The van der Waals surface area contributed by atoms with Crippen molar-refractivity contribution in [3.05, 3.63) is 47.5 Å². The molecule has 0 unspecified atom stereocenters. The normalized spacial score (nSPS) is 10.0. The maximum absolute atomic E-state index is 12.5. The van der Waals surface area contributed by atoms with Crippen molar-refractivity contribution >= 4 is 35.5 Å². The summed E-state index contributed by atoms with van der Waals surface area (Å²) in [6.45, 7) is 0. The number of carbonyl (C=O) groups is 2. The lowest BCUT2D eigenvalue weighted by Gasteiger charge is -2.13. The number of carbonyl (C=O) groups excluding carboxylic acids is 2. The topological polar surface area (TPSA) is 98.1 Å². The first-order valence-electron chi connectivity index (χ1n) is 8.93. The van der Waals surface area contributed by atoms with Gasteiger partial charge < -0.3 is 18.9 Å². The third kappa shape index (κ3) is 6.47. The highest BCUT2D eigenvalue weighted by Gasteiger charge is 2.16. The van der Waals surface area contributed by atoms with E-state index >= 15 is 0 Å². The van der Waals surface area contributed by atoms with Gasteiger partial charge in [-0.15, -0.1) is 0 Å². The van der Waals surface area contributed by atoms with Crippen LogP contribution in [0.15, 0.2) is 36.4 Å². The Labute approximate surface area is 189 Å². The van der Waals surface area contributed by atoms with Crippen LogP contribution in [0, 0.1) is 11.5 Å². The van der Waals surface area contributed by atoms with E-state index < -0.39 is 0 Å². The van der Waals surface area contributed by atoms with E-state index in [0.29, 0.717) is 34.1 Å². The number of methoxy groups -OCH3 is 4. The Bertz CT molecular complexity index is 905. The molecule has 0 aliphatic carbocycles. The summed E-state index contributed by atoms with van der Waals surface area (Å²) < 4.78 is 22.0. The standard InChI is InChI=1S/C21H22N2O6S2/c1-26-18-7-5-14(9-20(18)28-3)16(24)11-30-23(13-22)31-12-17(25)15-6-8-19(27-2)21(10-15)29-4/h5-10H,11-12H2,1-4H3. The first-order chi connectivity index (χ1) is 15.0. The second-order valence-corrected chi connectivity index (χ2v) is 7.95. The number of nitrogens with zero attached hydrogens (tertiary/aromatic N) is 2. The Balaban J connectivity index is 1.93. The van der Waals surface area contributed by atoms with Gasteiger partial charge in [-0.3, -0.25) is 9.59 Å². The highest BCUT2D eigenvalue weighted by molar-refractivity contribution is 8.12. The zero-order valence-corrected chi connectivity index (χ0v) is 19.2. The Hall–Kier alpha value is -3.03. The molecule has 0 bridgehead atoms. The maximum atomic E-state index is 12.5. The highest BCUT2D eigenvalue weighted by atomic mass is 32.2. The van der Waals surface area contributed by atoms with Gasteiger partial charge >= 0.3 is 0 Å². The van der Waals surface area contributed by atoms with Crippen LogP contribution in [0.3, 0.4) is 0 Å². The average molecular weight is 463 g/mol. The summed E-state index contributed by atoms with van der Waals surface area (Å²) in [6.07, 6.45) is 1.96. The van der Waals surface area contributed by atoms with Gasteiger partial charge in [0.05, 0.1) is 39.9 Å². The smallest absolute Gasteiger partial charge is 0.201 e. The molecule has 0 aromatic heterocycles. The van der Waals surface area contributed by atoms with Gasteiger partial charge in [0.2, 0.25) is 6.19 Å². The number of nitriles is 1. The van der Waals surface area contributed by atoms with Crippen LogP contribution in [0.2, 0.25) is 0 Å². The van der Waals surface area contributed by atoms with Gasteiger partial charge in [-0.25, -0.2) is 0 Å². The SMILES string of the molecule is COc1ccc(C(=O)CSN(C#N)SCC(=O)c2ccc(OC)c(OC)c2)cc1OC. The summed E-state index contributed by atoms with van der Waals surface area (Å²) in [5.74, 6) is 1.64. The van der Waals surface area contributed by atoms with Crippen molar-refractivity contribution in [3.8, 4) is 29.2 Å². The average Bonchev–Trinajstić information content (AvgIpc) is 2.82. The van der Waals surface area contributed by atoms with Crippen molar-refractivity contribution < 1.29 is 28.5 Å². The third-order valence-corrected chi connectivity index (χ3v) is 6.17. The van der Waals surface area contributed by atoms with E-state index in [9.17, 15) is 14.9 Å². The molecule has 0 N–H and O–H groups in total. The largest absolute Gasteiger partial charge is 0.493 e. The van der Waals surface area contributed by atoms with Crippen LogP contribution in [0.25, 0.3) is 0 Å². The first-order valence-corrected chi connectivity index (χ1v) is 10.8. The van der Waals surface area contributed by atoms with E-state index in [1.54, 1.807) is 36.4 Å². The number of hydrogen-bond donors (Lipinski definition) is 0. The van der Waals surface area contributed by atoms with Gasteiger partial charge in [0.15, 0.2) is 34.6 Å². The van der Waals surface area contributed by atoms with Gasteiger partial charge in [-0.05, 0) is 60.3 Å². The molecule has 0 heterocycles. The molecule has 31 heavy (non-hydrogen) atoms. The lowest BCUT2D eigenvalue weighted by atomic mass is 10.1. The van der Waals surface area contributed by atoms with Gasteiger partial charge in [0.25, 0.3) is 0 Å². The Kier molecular flexibility index (Phi) is 9.37. The van der Waals surface area contributed by atoms with Crippen LogP contribution in [0.4, 0.5) is 0 Å². The number of benzene rings is 2. The van der Waals surface area contributed by atoms with Crippen LogP contribution in [0.1, 0.15) is 20.7 Å². The van der Waals surface area contributed by atoms with Crippen molar-refractivity contribution in [2.45, 2.75) is 0 Å². The fourth-order valence-electron chi connectivity index (χ4n) is 2.52. The molecule has 0 saturated heterocycles. The molecule has 0 spiro atoms. The number of ether oxygens (including phenoxy) is 4. The van der Waals surface area contributed by atoms with Gasteiger partial charge in [-0.1, -0.05) is 0 Å². The summed E-state index contributed by atoms with van der Waals surface area (Å²) in [4.78, 5) is 24.9. The summed E-state index contributed by atoms with van der Waals surface area (Å²) in [5, 5.41) is 9.33. The molecule has 2 aromatic carbocycles. The Morgan fingerprint density at radius 3 is 1.48 bits per heavy atom. The van der Waals surface area contributed by atoms with Crippen LogP contribution in [-0.2, 0) is 0 Å². The van der Waals surface area contributed by atoms with Crippen LogP contribution in [-0.4, -0.2) is 55.2 Å². The summed E-state index contributed by atoms with van der Waals surface area (Å²) in [6, 6.07) is 9.74.